The van der Waals surface area contributed by atoms with Crippen LogP contribution in [0, 0.1) is 0 Å². The third kappa shape index (κ3) is 5.25. The van der Waals surface area contributed by atoms with Crippen LogP contribution < -0.4 is 14.4 Å². The molecule has 0 aliphatic carbocycles. The van der Waals surface area contributed by atoms with E-state index in [1.165, 1.54) is 37.4 Å². The zero-order valence-electron chi connectivity index (χ0n) is 16.2. The molecule has 0 fully saturated rings. The Morgan fingerprint density at radius 2 is 1.68 bits per heavy atom. The van der Waals surface area contributed by atoms with E-state index in [2.05, 4.69) is 5.32 Å². The fourth-order valence-corrected chi connectivity index (χ4v) is 4.80. The highest BCUT2D eigenvalue weighted by Gasteiger charge is 2.28. The van der Waals surface area contributed by atoms with Crippen molar-refractivity contribution in [3.8, 4) is 5.75 Å². The highest BCUT2D eigenvalue weighted by molar-refractivity contribution is 7.92. The summed E-state index contributed by atoms with van der Waals surface area (Å²) in [4.78, 5) is 12.8. The summed E-state index contributed by atoms with van der Waals surface area (Å²) in [6.45, 7) is -0.525. The molecule has 0 spiro atoms. The number of carbonyl (C=O) groups excluding carboxylic acids is 1. The van der Waals surface area contributed by atoms with Gasteiger partial charge in [0.25, 0.3) is 10.0 Å². The summed E-state index contributed by atoms with van der Waals surface area (Å²) in [6, 6.07) is 17.0. The Morgan fingerprint density at radius 3 is 2.32 bits per heavy atom. The normalized spacial score (nSPS) is 11.1. The molecule has 0 heterocycles. The number of hydrogen-bond donors (Lipinski definition) is 1. The molecule has 0 saturated carbocycles. The molecule has 1 amide bonds. The van der Waals surface area contributed by atoms with Crippen LogP contribution in [0.5, 0.6) is 5.75 Å². The number of methoxy groups -OCH3 is 1. The second kappa shape index (κ2) is 9.78. The van der Waals surface area contributed by atoms with Crippen molar-refractivity contribution >= 4 is 62.1 Å². The number of anilines is 2. The van der Waals surface area contributed by atoms with Crippen LogP contribution in [0.4, 0.5) is 11.4 Å². The van der Waals surface area contributed by atoms with Crippen molar-refractivity contribution in [1.82, 2.24) is 0 Å². The third-order valence-corrected chi connectivity index (χ3v) is 7.17. The van der Waals surface area contributed by atoms with Crippen LogP contribution in [0.15, 0.2) is 71.6 Å². The third-order valence-electron chi connectivity index (χ3n) is 4.27. The van der Waals surface area contributed by atoms with Gasteiger partial charge in [-0.2, -0.15) is 0 Å². The lowest BCUT2D eigenvalue weighted by molar-refractivity contribution is -0.114. The van der Waals surface area contributed by atoms with Crippen molar-refractivity contribution < 1.29 is 17.9 Å². The number of nitrogens with zero attached hydrogens (tertiary/aromatic N) is 1. The average molecular weight is 500 g/mol. The number of benzene rings is 3. The van der Waals surface area contributed by atoms with E-state index in [0.717, 1.165) is 4.31 Å². The van der Waals surface area contributed by atoms with Crippen molar-refractivity contribution in [3.63, 3.8) is 0 Å². The lowest BCUT2D eigenvalue weighted by Crippen LogP contribution is -2.38. The summed E-state index contributed by atoms with van der Waals surface area (Å²) in [7, 11) is -2.64. The van der Waals surface area contributed by atoms with Crippen LogP contribution in [0.1, 0.15) is 0 Å². The molecule has 0 radical (unpaired) electrons. The molecule has 0 atom stereocenters. The molecule has 6 nitrogen and oxygen atoms in total. The van der Waals surface area contributed by atoms with Crippen molar-refractivity contribution in [2.75, 3.05) is 23.3 Å². The molecular formula is C21H17Cl3N2O4S. The van der Waals surface area contributed by atoms with Crippen LogP contribution in [-0.4, -0.2) is 28.0 Å². The minimum absolute atomic E-state index is 0.0236. The first-order chi connectivity index (χ1) is 14.7. The molecule has 3 rings (SSSR count). The van der Waals surface area contributed by atoms with E-state index in [9.17, 15) is 13.2 Å². The fraction of sp³-hybridized carbons (Fsp3) is 0.0952. The van der Waals surface area contributed by atoms with Crippen LogP contribution in [0.25, 0.3) is 0 Å². The number of sulfonamides is 1. The smallest absolute Gasteiger partial charge is 0.264 e. The van der Waals surface area contributed by atoms with E-state index in [1.54, 1.807) is 36.4 Å². The molecule has 0 unspecified atom stereocenters. The van der Waals surface area contributed by atoms with Gasteiger partial charge in [0.1, 0.15) is 12.3 Å². The van der Waals surface area contributed by atoms with Gasteiger partial charge in [0.2, 0.25) is 5.91 Å². The van der Waals surface area contributed by atoms with Crippen LogP contribution in [-0.2, 0) is 14.8 Å². The molecule has 0 aliphatic rings. The Kier molecular flexibility index (Phi) is 7.33. The summed E-state index contributed by atoms with van der Waals surface area (Å²) >= 11 is 18.3. The number of ether oxygens (including phenoxy) is 1. The second-order valence-electron chi connectivity index (χ2n) is 6.29. The van der Waals surface area contributed by atoms with Gasteiger partial charge in [-0.15, -0.1) is 0 Å². The summed E-state index contributed by atoms with van der Waals surface area (Å²) in [6.07, 6.45) is 0. The van der Waals surface area contributed by atoms with E-state index >= 15 is 0 Å². The molecule has 0 saturated heterocycles. The minimum atomic E-state index is -4.08. The molecule has 31 heavy (non-hydrogen) atoms. The Balaban J connectivity index is 1.99. The molecule has 0 bridgehead atoms. The minimum Gasteiger partial charge on any atom is -0.495 e. The van der Waals surface area contributed by atoms with Gasteiger partial charge >= 0.3 is 0 Å². The first-order valence-electron chi connectivity index (χ1n) is 8.89. The van der Waals surface area contributed by atoms with Gasteiger partial charge in [-0.3, -0.25) is 9.10 Å². The zero-order chi connectivity index (χ0) is 22.6. The van der Waals surface area contributed by atoms with Gasteiger partial charge in [0.05, 0.1) is 38.4 Å². The maximum atomic E-state index is 13.3. The quantitative estimate of drug-likeness (QED) is 0.466. The van der Waals surface area contributed by atoms with Crippen LogP contribution >= 0.6 is 34.8 Å². The van der Waals surface area contributed by atoms with E-state index in [0.29, 0.717) is 5.75 Å². The summed E-state index contributed by atoms with van der Waals surface area (Å²) in [5.74, 6) is -0.242. The topological polar surface area (TPSA) is 75.7 Å². The number of nitrogens with one attached hydrogen (secondary N) is 1. The molecule has 3 aromatic rings. The number of rotatable bonds is 7. The van der Waals surface area contributed by atoms with Crippen molar-refractivity contribution in [2.24, 2.45) is 0 Å². The average Bonchev–Trinajstić information content (AvgIpc) is 2.75. The molecule has 0 aliphatic heterocycles. The standard InChI is InChI=1S/C21H17Cl3N2O4S/c1-30-19-11-10-14(12-17(19)23)26(31(28,29)15-6-3-2-4-7-15)13-20(27)25-18-9-5-8-16(22)21(18)24/h2-12H,13H2,1H3,(H,25,27). The number of halogens is 3. The summed E-state index contributed by atoms with van der Waals surface area (Å²) in [5, 5.41) is 3.21. The fourth-order valence-electron chi connectivity index (χ4n) is 2.77. The summed E-state index contributed by atoms with van der Waals surface area (Å²) < 4.78 is 32.8. The molecular weight excluding hydrogens is 483 g/mol. The Labute approximate surface area is 195 Å². The number of carbonyl (C=O) groups is 1. The Morgan fingerprint density at radius 1 is 0.968 bits per heavy atom. The van der Waals surface area contributed by atoms with E-state index in [4.69, 9.17) is 39.5 Å². The van der Waals surface area contributed by atoms with Crippen molar-refractivity contribution in [3.05, 3.63) is 81.8 Å². The molecule has 0 aromatic heterocycles. The Bertz CT molecular complexity index is 1200. The lowest BCUT2D eigenvalue weighted by Gasteiger charge is -2.24. The largest absolute Gasteiger partial charge is 0.495 e. The van der Waals surface area contributed by atoms with Gasteiger partial charge in [-0.25, -0.2) is 8.42 Å². The SMILES string of the molecule is COc1ccc(N(CC(=O)Nc2cccc(Cl)c2Cl)S(=O)(=O)c2ccccc2)cc1Cl. The first-order valence-corrected chi connectivity index (χ1v) is 11.5. The molecule has 162 valence electrons. The highest BCUT2D eigenvalue weighted by Crippen LogP contribution is 2.33. The number of amides is 1. The molecule has 10 heteroatoms. The van der Waals surface area contributed by atoms with Crippen molar-refractivity contribution in [1.29, 1.82) is 0 Å². The van der Waals surface area contributed by atoms with E-state index < -0.39 is 22.5 Å². The summed E-state index contributed by atoms with van der Waals surface area (Å²) in [5.41, 5.74) is 0.464. The molecule has 3 aromatic carbocycles. The zero-order valence-corrected chi connectivity index (χ0v) is 19.3. The maximum absolute atomic E-state index is 13.3. The van der Waals surface area contributed by atoms with Crippen molar-refractivity contribution in [2.45, 2.75) is 4.90 Å². The lowest BCUT2D eigenvalue weighted by atomic mass is 10.3. The predicted molar refractivity (Wildman–Crippen MR) is 124 cm³/mol. The predicted octanol–water partition coefficient (Wildman–Crippen LogP) is 5.49. The molecule has 1 N–H and O–H groups in total. The highest BCUT2D eigenvalue weighted by atomic mass is 35.5. The number of hydrogen-bond acceptors (Lipinski definition) is 4. The van der Waals surface area contributed by atoms with Gasteiger partial charge in [0, 0.05) is 0 Å². The second-order valence-corrected chi connectivity index (χ2v) is 9.35. The Hall–Kier alpha value is -2.45. The monoisotopic (exact) mass is 498 g/mol. The van der Waals surface area contributed by atoms with E-state index in [-0.39, 0.29) is 31.3 Å². The van der Waals surface area contributed by atoms with Gasteiger partial charge < -0.3 is 10.1 Å². The maximum Gasteiger partial charge on any atom is 0.264 e. The first kappa shape index (κ1) is 23.2. The van der Waals surface area contributed by atoms with Gasteiger partial charge in [0.15, 0.2) is 0 Å². The van der Waals surface area contributed by atoms with Gasteiger partial charge in [-0.05, 0) is 42.5 Å². The van der Waals surface area contributed by atoms with Crippen LogP contribution in [0.3, 0.4) is 0 Å². The van der Waals surface area contributed by atoms with E-state index in [1.807, 2.05) is 0 Å². The van der Waals surface area contributed by atoms with Crippen LogP contribution in [0.2, 0.25) is 15.1 Å². The van der Waals surface area contributed by atoms with Gasteiger partial charge in [-0.1, -0.05) is 59.1 Å².